The number of halogens is 3. The van der Waals surface area contributed by atoms with E-state index in [1.807, 2.05) is 28.7 Å². The Morgan fingerprint density at radius 2 is 2.12 bits per heavy atom. The number of nitrogens with zero attached hydrogens (tertiary/aromatic N) is 1. The van der Waals surface area contributed by atoms with E-state index in [2.05, 4.69) is 15.9 Å². The Kier molecular flexibility index (Phi) is 3.98. The third kappa shape index (κ3) is 2.95. The Morgan fingerprint density at radius 3 is 2.82 bits per heavy atom. The molecule has 0 saturated carbocycles. The van der Waals surface area contributed by atoms with E-state index in [4.69, 9.17) is 0 Å². The second kappa shape index (κ2) is 5.30. The predicted octanol–water partition coefficient (Wildman–Crippen LogP) is 3.40. The third-order valence-corrected chi connectivity index (χ3v) is 3.89. The molecule has 2 rings (SSSR count). The van der Waals surface area contributed by atoms with E-state index >= 15 is 0 Å². The van der Waals surface area contributed by atoms with Gasteiger partial charge in [0.1, 0.15) is 5.82 Å². The fraction of sp³-hybridized carbons (Fsp3) is 0.0833. The molecule has 0 fully saturated rings. The monoisotopic (exact) mass is 407 g/mol. The molecule has 0 spiro atoms. The minimum Gasteiger partial charge on any atom is -0.310 e. The summed E-state index contributed by atoms with van der Waals surface area (Å²) in [6.07, 6.45) is 1.72. The van der Waals surface area contributed by atoms with Crippen molar-refractivity contribution < 1.29 is 4.39 Å². The highest BCUT2D eigenvalue weighted by Gasteiger charge is 2.05. The Balaban J connectivity index is 2.38. The van der Waals surface area contributed by atoms with Crippen LogP contribution in [0.5, 0.6) is 0 Å². The van der Waals surface area contributed by atoms with Crippen molar-refractivity contribution in [2.45, 2.75) is 6.54 Å². The maximum atomic E-state index is 12.9. The molecular formula is C12H8BrFINO. The van der Waals surface area contributed by atoms with Crippen LogP contribution in [0, 0.1) is 9.39 Å². The van der Waals surface area contributed by atoms with Gasteiger partial charge in [-0.25, -0.2) is 4.39 Å². The molecule has 1 aromatic heterocycles. The molecule has 0 aliphatic rings. The van der Waals surface area contributed by atoms with Crippen molar-refractivity contribution in [3.8, 4) is 0 Å². The van der Waals surface area contributed by atoms with Crippen LogP contribution >= 0.6 is 38.5 Å². The van der Waals surface area contributed by atoms with Crippen LogP contribution in [-0.4, -0.2) is 4.57 Å². The van der Waals surface area contributed by atoms with Gasteiger partial charge in [0.25, 0.3) is 5.56 Å². The van der Waals surface area contributed by atoms with Crippen molar-refractivity contribution in [3.05, 3.63) is 66.3 Å². The van der Waals surface area contributed by atoms with E-state index in [0.29, 0.717) is 14.6 Å². The zero-order chi connectivity index (χ0) is 12.4. The maximum Gasteiger partial charge on any atom is 0.264 e. The second-order valence-electron chi connectivity index (χ2n) is 3.52. The van der Waals surface area contributed by atoms with Crippen LogP contribution < -0.4 is 5.56 Å². The molecule has 1 heterocycles. The SMILES string of the molecule is O=c1c(I)cccn1Cc1ccc(F)cc1Br. The van der Waals surface area contributed by atoms with E-state index in [0.717, 1.165) is 5.56 Å². The lowest BCUT2D eigenvalue weighted by molar-refractivity contribution is 0.624. The van der Waals surface area contributed by atoms with E-state index in [9.17, 15) is 9.18 Å². The van der Waals surface area contributed by atoms with Crippen molar-refractivity contribution >= 4 is 38.5 Å². The minimum absolute atomic E-state index is 0.0377. The van der Waals surface area contributed by atoms with E-state index in [1.54, 1.807) is 22.9 Å². The molecule has 0 aliphatic heterocycles. The van der Waals surface area contributed by atoms with Gasteiger partial charge in [-0.15, -0.1) is 0 Å². The highest BCUT2D eigenvalue weighted by atomic mass is 127. The number of benzene rings is 1. The number of pyridine rings is 1. The van der Waals surface area contributed by atoms with Crippen LogP contribution in [0.3, 0.4) is 0 Å². The van der Waals surface area contributed by atoms with Gasteiger partial charge < -0.3 is 4.57 Å². The molecule has 88 valence electrons. The van der Waals surface area contributed by atoms with Crippen LogP contribution in [0.25, 0.3) is 0 Å². The molecule has 0 aliphatic carbocycles. The summed E-state index contributed by atoms with van der Waals surface area (Å²) in [4.78, 5) is 11.8. The fourth-order valence-corrected chi connectivity index (χ4v) is 2.46. The van der Waals surface area contributed by atoms with Crippen molar-refractivity contribution in [1.29, 1.82) is 0 Å². The predicted molar refractivity (Wildman–Crippen MR) is 76.6 cm³/mol. The standard InChI is InChI=1S/C12H8BrFINO/c13-10-6-9(14)4-3-8(10)7-16-5-1-2-11(15)12(16)17/h1-6H,7H2. The van der Waals surface area contributed by atoms with Crippen LogP contribution in [0.4, 0.5) is 4.39 Å². The minimum atomic E-state index is -0.296. The lowest BCUT2D eigenvalue weighted by Gasteiger charge is -2.08. The van der Waals surface area contributed by atoms with Gasteiger partial charge in [0.05, 0.1) is 10.1 Å². The lowest BCUT2D eigenvalue weighted by atomic mass is 10.2. The summed E-state index contributed by atoms with van der Waals surface area (Å²) >= 11 is 5.29. The van der Waals surface area contributed by atoms with Crippen molar-refractivity contribution in [1.82, 2.24) is 4.57 Å². The first-order valence-corrected chi connectivity index (χ1v) is 6.74. The van der Waals surface area contributed by atoms with Gasteiger partial charge in [-0.1, -0.05) is 22.0 Å². The summed E-state index contributed by atoms with van der Waals surface area (Å²) in [7, 11) is 0. The smallest absolute Gasteiger partial charge is 0.264 e. The van der Waals surface area contributed by atoms with Crippen LogP contribution in [0.1, 0.15) is 5.56 Å². The largest absolute Gasteiger partial charge is 0.310 e. The van der Waals surface area contributed by atoms with Gasteiger partial charge in [0.2, 0.25) is 0 Å². The maximum absolute atomic E-state index is 12.9. The molecular weight excluding hydrogens is 400 g/mol. The average Bonchev–Trinajstić information content (AvgIpc) is 2.28. The molecule has 5 heteroatoms. The fourth-order valence-electron chi connectivity index (χ4n) is 1.47. The highest BCUT2D eigenvalue weighted by Crippen LogP contribution is 2.18. The molecule has 2 nitrogen and oxygen atoms in total. The van der Waals surface area contributed by atoms with Crippen LogP contribution in [0.15, 0.2) is 45.8 Å². The Labute approximate surface area is 120 Å². The lowest BCUT2D eigenvalue weighted by Crippen LogP contribution is -2.22. The van der Waals surface area contributed by atoms with E-state index in [1.165, 1.54) is 12.1 Å². The summed E-state index contributed by atoms with van der Waals surface area (Å²) in [5.41, 5.74) is 0.833. The summed E-state index contributed by atoms with van der Waals surface area (Å²) < 4.78 is 15.9. The third-order valence-electron chi connectivity index (χ3n) is 2.33. The van der Waals surface area contributed by atoms with Gasteiger partial charge >= 0.3 is 0 Å². The number of aromatic nitrogens is 1. The molecule has 1 aromatic carbocycles. The van der Waals surface area contributed by atoms with Crippen molar-refractivity contribution in [2.75, 3.05) is 0 Å². The topological polar surface area (TPSA) is 22.0 Å². The summed E-state index contributed by atoms with van der Waals surface area (Å²) in [6.45, 7) is 0.427. The van der Waals surface area contributed by atoms with Crippen LogP contribution in [0.2, 0.25) is 0 Å². The Hall–Kier alpha value is -0.690. The molecule has 17 heavy (non-hydrogen) atoms. The Morgan fingerprint density at radius 1 is 1.35 bits per heavy atom. The van der Waals surface area contributed by atoms with E-state index in [-0.39, 0.29) is 11.4 Å². The number of hydrogen-bond acceptors (Lipinski definition) is 1. The summed E-state index contributed by atoms with van der Waals surface area (Å²) in [6, 6.07) is 8.04. The molecule has 0 unspecified atom stereocenters. The number of hydrogen-bond donors (Lipinski definition) is 0. The zero-order valence-corrected chi connectivity index (χ0v) is 12.4. The first-order valence-electron chi connectivity index (χ1n) is 4.87. The van der Waals surface area contributed by atoms with Gasteiger partial charge in [-0.3, -0.25) is 4.79 Å². The normalized spacial score (nSPS) is 10.5. The molecule has 0 saturated heterocycles. The van der Waals surface area contributed by atoms with Gasteiger partial charge in [0, 0.05) is 10.7 Å². The molecule has 2 aromatic rings. The molecule has 0 atom stereocenters. The quantitative estimate of drug-likeness (QED) is 0.699. The summed E-state index contributed by atoms with van der Waals surface area (Å²) in [5, 5.41) is 0. The first-order chi connectivity index (χ1) is 8.08. The van der Waals surface area contributed by atoms with Gasteiger partial charge in [-0.05, 0) is 52.4 Å². The van der Waals surface area contributed by atoms with Gasteiger partial charge in [-0.2, -0.15) is 0 Å². The first kappa shape index (κ1) is 12.8. The van der Waals surface area contributed by atoms with Crippen LogP contribution in [-0.2, 0) is 6.54 Å². The average molecular weight is 408 g/mol. The molecule has 0 bridgehead atoms. The number of rotatable bonds is 2. The van der Waals surface area contributed by atoms with Crippen molar-refractivity contribution in [3.63, 3.8) is 0 Å². The van der Waals surface area contributed by atoms with Crippen molar-refractivity contribution in [2.24, 2.45) is 0 Å². The zero-order valence-electron chi connectivity index (χ0n) is 8.66. The molecule has 0 radical (unpaired) electrons. The second-order valence-corrected chi connectivity index (χ2v) is 5.54. The Bertz CT molecular complexity index is 612. The molecule has 0 N–H and O–H groups in total. The summed E-state index contributed by atoms with van der Waals surface area (Å²) in [5.74, 6) is -0.296. The highest BCUT2D eigenvalue weighted by molar-refractivity contribution is 14.1. The molecule has 0 amide bonds. The van der Waals surface area contributed by atoms with Gasteiger partial charge in [0.15, 0.2) is 0 Å². The van der Waals surface area contributed by atoms with E-state index < -0.39 is 0 Å².